The van der Waals surface area contributed by atoms with E-state index in [0.717, 1.165) is 10.6 Å². The van der Waals surface area contributed by atoms with Crippen LogP contribution < -0.4 is 0 Å². The van der Waals surface area contributed by atoms with Crippen molar-refractivity contribution in [2.45, 2.75) is 13.2 Å². The molecule has 20 heavy (non-hydrogen) atoms. The number of carbonyl (C=O) groups is 1. The van der Waals surface area contributed by atoms with E-state index in [2.05, 4.69) is 4.98 Å². The molecule has 0 atom stereocenters. The molecule has 102 valence electrons. The minimum Gasteiger partial charge on any atom is -0.444 e. The number of amides is 1. The van der Waals surface area contributed by atoms with Gasteiger partial charge in [0.15, 0.2) is 0 Å². The summed E-state index contributed by atoms with van der Waals surface area (Å²) in [6.07, 6.45) is 2.90. The number of rotatable bonds is 2. The van der Waals surface area contributed by atoms with Gasteiger partial charge in [-0.1, -0.05) is 18.2 Å². The SMILES string of the molecule is O=C(OCc1ccccc1F)N1C=Cc2ncsc2C1. The molecule has 6 heteroatoms. The number of ether oxygens (including phenoxy) is 1. The normalized spacial score (nSPS) is 13.2. The van der Waals surface area contributed by atoms with Gasteiger partial charge in [-0.25, -0.2) is 14.2 Å². The van der Waals surface area contributed by atoms with E-state index in [0.29, 0.717) is 12.1 Å². The average molecular weight is 290 g/mol. The largest absolute Gasteiger partial charge is 0.444 e. The Bertz CT molecular complexity index is 669. The molecule has 3 rings (SSSR count). The molecular weight excluding hydrogens is 279 g/mol. The lowest BCUT2D eigenvalue weighted by atomic mass is 10.2. The zero-order valence-corrected chi connectivity index (χ0v) is 11.3. The molecule has 1 amide bonds. The van der Waals surface area contributed by atoms with Crippen molar-refractivity contribution in [1.82, 2.24) is 9.88 Å². The highest BCUT2D eigenvalue weighted by molar-refractivity contribution is 7.09. The number of halogens is 1. The molecule has 0 unspecified atom stereocenters. The van der Waals surface area contributed by atoms with Crippen molar-refractivity contribution in [3.63, 3.8) is 0 Å². The average Bonchev–Trinajstić information content (AvgIpc) is 2.93. The summed E-state index contributed by atoms with van der Waals surface area (Å²) in [5, 5.41) is 0. The van der Waals surface area contributed by atoms with E-state index in [1.807, 2.05) is 0 Å². The molecule has 0 saturated heterocycles. The number of aromatic nitrogens is 1. The fourth-order valence-electron chi connectivity index (χ4n) is 1.86. The van der Waals surface area contributed by atoms with Gasteiger partial charge in [-0.15, -0.1) is 11.3 Å². The van der Waals surface area contributed by atoms with Gasteiger partial charge in [-0.05, 0) is 12.1 Å². The minimum atomic E-state index is -0.497. The third kappa shape index (κ3) is 2.55. The fourth-order valence-corrected chi connectivity index (χ4v) is 2.61. The monoisotopic (exact) mass is 290 g/mol. The van der Waals surface area contributed by atoms with E-state index in [9.17, 15) is 9.18 Å². The molecule has 0 saturated carbocycles. The molecule has 1 aliphatic rings. The van der Waals surface area contributed by atoms with Crippen molar-refractivity contribution in [3.8, 4) is 0 Å². The topological polar surface area (TPSA) is 42.4 Å². The highest BCUT2D eigenvalue weighted by Gasteiger charge is 2.19. The Morgan fingerprint density at radius 3 is 3.15 bits per heavy atom. The molecule has 1 aliphatic heterocycles. The first-order valence-electron chi connectivity index (χ1n) is 6.01. The summed E-state index contributed by atoms with van der Waals surface area (Å²) >= 11 is 1.49. The smallest absolute Gasteiger partial charge is 0.414 e. The zero-order valence-electron chi connectivity index (χ0n) is 10.5. The Balaban J connectivity index is 1.62. The van der Waals surface area contributed by atoms with Gasteiger partial charge in [0.05, 0.1) is 22.6 Å². The molecule has 4 nitrogen and oxygen atoms in total. The second kappa shape index (κ2) is 5.42. The fraction of sp³-hybridized carbons (Fsp3) is 0.143. The number of fused-ring (bicyclic) bond motifs is 1. The molecule has 1 aromatic carbocycles. The lowest BCUT2D eigenvalue weighted by Gasteiger charge is -2.20. The van der Waals surface area contributed by atoms with Crippen LogP contribution in [0.15, 0.2) is 36.0 Å². The van der Waals surface area contributed by atoms with E-state index < -0.39 is 6.09 Å². The molecule has 0 N–H and O–H groups in total. The Morgan fingerprint density at radius 1 is 1.45 bits per heavy atom. The molecule has 2 aromatic rings. The van der Waals surface area contributed by atoms with Crippen molar-refractivity contribution >= 4 is 23.5 Å². The molecule has 0 aliphatic carbocycles. The summed E-state index contributed by atoms with van der Waals surface area (Å²) in [6, 6.07) is 6.24. The van der Waals surface area contributed by atoms with Gasteiger partial charge in [0.1, 0.15) is 12.4 Å². The number of hydrogen-bond acceptors (Lipinski definition) is 4. The van der Waals surface area contributed by atoms with Gasteiger partial charge in [0, 0.05) is 11.8 Å². The van der Waals surface area contributed by atoms with Gasteiger partial charge in [0.25, 0.3) is 0 Å². The van der Waals surface area contributed by atoms with Crippen LogP contribution in [-0.4, -0.2) is 16.0 Å². The van der Waals surface area contributed by atoms with Crippen LogP contribution in [0.3, 0.4) is 0 Å². The number of hydrogen-bond donors (Lipinski definition) is 0. The lowest BCUT2D eigenvalue weighted by molar-refractivity contribution is 0.108. The van der Waals surface area contributed by atoms with E-state index >= 15 is 0 Å². The first kappa shape index (κ1) is 12.8. The van der Waals surface area contributed by atoms with Crippen LogP contribution in [0.25, 0.3) is 6.08 Å². The number of benzene rings is 1. The van der Waals surface area contributed by atoms with Gasteiger partial charge in [-0.3, -0.25) is 4.90 Å². The Labute approximate surface area is 119 Å². The maximum Gasteiger partial charge on any atom is 0.414 e. The summed E-state index contributed by atoms with van der Waals surface area (Å²) in [5.41, 5.74) is 2.98. The number of nitrogens with zero attached hydrogens (tertiary/aromatic N) is 2. The van der Waals surface area contributed by atoms with Crippen LogP contribution in [0.4, 0.5) is 9.18 Å². The van der Waals surface area contributed by atoms with Crippen LogP contribution in [0, 0.1) is 5.82 Å². The van der Waals surface area contributed by atoms with Crippen molar-refractivity contribution in [2.24, 2.45) is 0 Å². The highest BCUT2D eigenvalue weighted by Crippen LogP contribution is 2.22. The summed E-state index contributed by atoms with van der Waals surface area (Å²) in [6.45, 7) is 0.359. The van der Waals surface area contributed by atoms with Gasteiger partial charge >= 0.3 is 6.09 Å². The van der Waals surface area contributed by atoms with Crippen LogP contribution in [-0.2, 0) is 17.9 Å². The Kier molecular flexibility index (Phi) is 3.47. The third-order valence-corrected chi connectivity index (χ3v) is 3.78. The van der Waals surface area contributed by atoms with Crippen LogP contribution in [0.2, 0.25) is 0 Å². The zero-order chi connectivity index (χ0) is 13.9. The van der Waals surface area contributed by atoms with Crippen molar-refractivity contribution < 1.29 is 13.9 Å². The maximum atomic E-state index is 13.4. The molecule has 0 bridgehead atoms. The molecule has 1 aromatic heterocycles. The molecule has 2 heterocycles. The first-order chi connectivity index (χ1) is 9.74. The summed E-state index contributed by atoms with van der Waals surface area (Å²) in [5.74, 6) is -0.376. The highest BCUT2D eigenvalue weighted by atomic mass is 32.1. The van der Waals surface area contributed by atoms with Crippen molar-refractivity contribution in [3.05, 3.63) is 57.9 Å². The van der Waals surface area contributed by atoms with Crippen molar-refractivity contribution in [2.75, 3.05) is 0 Å². The van der Waals surface area contributed by atoms with Gasteiger partial charge in [0.2, 0.25) is 0 Å². The molecule has 0 spiro atoms. The second-order valence-corrected chi connectivity index (χ2v) is 5.19. The van der Waals surface area contributed by atoms with E-state index in [1.54, 1.807) is 36.0 Å². The summed E-state index contributed by atoms with van der Waals surface area (Å²) in [7, 11) is 0. The van der Waals surface area contributed by atoms with Crippen molar-refractivity contribution in [1.29, 1.82) is 0 Å². The van der Waals surface area contributed by atoms with E-state index in [4.69, 9.17) is 4.74 Å². The van der Waals surface area contributed by atoms with Gasteiger partial charge < -0.3 is 4.74 Å². The number of thiazole rings is 1. The third-order valence-electron chi connectivity index (χ3n) is 2.94. The maximum absolute atomic E-state index is 13.4. The Hall–Kier alpha value is -2.21. The van der Waals surface area contributed by atoms with Gasteiger partial charge in [-0.2, -0.15) is 0 Å². The minimum absolute atomic E-state index is 0.0780. The Morgan fingerprint density at radius 2 is 2.30 bits per heavy atom. The van der Waals surface area contributed by atoms with Crippen LogP contribution >= 0.6 is 11.3 Å². The first-order valence-corrected chi connectivity index (χ1v) is 6.89. The van der Waals surface area contributed by atoms with Crippen LogP contribution in [0.1, 0.15) is 16.1 Å². The number of carbonyl (C=O) groups excluding carboxylic acids is 1. The quantitative estimate of drug-likeness (QED) is 0.851. The molecule has 0 fully saturated rings. The van der Waals surface area contributed by atoms with Crippen LogP contribution in [0.5, 0.6) is 0 Å². The summed E-state index contributed by atoms with van der Waals surface area (Å²) < 4.78 is 18.5. The summed E-state index contributed by atoms with van der Waals surface area (Å²) in [4.78, 5) is 18.5. The molecule has 0 radical (unpaired) electrons. The van der Waals surface area contributed by atoms with E-state index in [1.165, 1.54) is 22.3 Å². The lowest BCUT2D eigenvalue weighted by Crippen LogP contribution is -2.27. The second-order valence-electron chi connectivity index (χ2n) is 4.25. The van der Waals surface area contributed by atoms with E-state index in [-0.39, 0.29) is 12.4 Å². The predicted molar refractivity (Wildman–Crippen MR) is 73.3 cm³/mol. The predicted octanol–water partition coefficient (Wildman–Crippen LogP) is 3.41. The standard InChI is InChI=1S/C14H11FN2O2S/c15-11-4-2-1-3-10(11)8-19-14(18)17-6-5-12-13(7-17)20-9-16-12/h1-6,9H,7-8H2. The molecular formula is C14H11FN2O2S.